The van der Waals surface area contributed by atoms with E-state index in [9.17, 15) is 4.79 Å². The zero-order chi connectivity index (χ0) is 16.3. The number of rotatable bonds is 6. The van der Waals surface area contributed by atoms with Crippen LogP contribution < -0.4 is 0 Å². The van der Waals surface area contributed by atoms with Gasteiger partial charge in [0, 0.05) is 11.3 Å². The molecule has 0 aliphatic carbocycles. The van der Waals surface area contributed by atoms with E-state index >= 15 is 0 Å². The molecule has 0 saturated carbocycles. The Labute approximate surface area is 138 Å². The Bertz CT molecular complexity index is 641. The first-order chi connectivity index (χ1) is 10.4. The Morgan fingerprint density at radius 3 is 2.32 bits per heavy atom. The van der Waals surface area contributed by atoms with Crippen LogP contribution in [0.2, 0.25) is 0 Å². The number of carbonyl (C=O) groups is 1. The highest BCUT2D eigenvalue weighted by Crippen LogP contribution is 2.22. The van der Waals surface area contributed by atoms with Crippen molar-refractivity contribution in [3.63, 3.8) is 0 Å². The molecular formula is C20H26OS. The maximum Gasteiger partial charge on any atom is 0.173 e. The summed E-state index contributed by atoms with van der Waals surface area (Å²) < 4.78 is 0. The predicted octanol–water partition coefficient (Wildman–Crippen LogP) is 5.69. The average molecular weight is 314 g/mol. The standard InChI is InChI=1S/C20H26OS/c1-13(2)10-18-7-9-20(22-18)19(21)8-6-17-11-14(3)16(5)15(4)12-17/h7,9,11-13H,6,8,10H2,1-5H3. The SMILES string of the molecule is Cc1cc(CCC(=O)c2ccc(CC(C)C)s2)cc(C)c1C. The van der Waals surface area contributed by atoms with Gasteiger partial charge in [0.25, 0.3) is 0 Å². The molecule has 22 heavy (non-hydrogen) atoms. The maximum absolute atomic E-state index is 12.4. The van der Waals surface area contributed by atoms with Crippen molar-refractivity contribution in [1.82, 2.24) is 0 Å². The molecule has 0 atom stereocenters. The van der Waals surface area contributed by atoms with E-state index in [1.54, 1.807) is 11.3 Å². The Balaban J connectivity index is 1.99. The van der Waals surface area contributed by atoms with Gasteiger partial charge in [-0.3, -0.25) is 4.79 Å². The zero-order valence-corrected chi connectivity index (χ0v) is 15.1. The van der Waals surface area contributed by atoms with E-state index in [1.165, 1.54) is 27.1 Å². The van der Waals surface area contributed by atoms with Gasteiger partial charge in [-0.05, 0) is 73.9 Å². The van der Waals surface area contributed by atoms with Crippen molar-refractivity contribution < 1.29 is 4.79 Å². The third kappa shape index (κ3) is 4.30. The molecule has 0 fully saturated rings. The van der Waals surface area contributed by atoms with E-state index in [1.807, 2.05) is 6.07 Å². The summed E-state index contributed by atoms with van der Waals surface area (Å²) in [5.74, 6) is 0.913. The fraction of sp³-hybridized carbons (Fsp3) is 0.450. The van der Waals surface area contributed by atoms with E-state index < -0.39 is 0 Å². The number of thiophene rings is 1. The smallest absolute Gasteiger partial charge is 0.173 e. The van der Waals surface area contributed by atoms with E-state index in [0.29, 0.717) is 12.3 Å². The first-order valence-corrected chi connectivity index (χ1v) is 8.87. The molecule has 0 bridgehead atoms. The van der Waals surface area contributed by atoms with Crippen LogP contribution in [0.5, 0.6) is 0 Å². The molecule has 1 aromatic carbocycles. The molecule has 0 N–H and O–H groups in total. The molecular weight excluding hydrogens is 288 g/mol. The van der Waals surface area contributed by atoms with Crippen LogP contribution in [0.4, 0.5) is 0 Å². The lowest BCUT2D eigenvalue weighted by Crippen LogP contribution is -2.00. The minimum absolute atomic E-state index is 0.274. The molecule has 2 heteroatoms. The van der Waals surface area contributed by atoms with Gasteiger partial charge < -0.3 is 0 Å². The molecule has 0 unspecified atom stereocenters. The van der Waals surface area contributed by atoms with Gasteiger partial charge in [0.1, 0.15) is 0 Å². The van der Waals surface area contributed by atoms with Crippen molar-refractivity contribution in [2.45, 2.75) is 53.9 Å². The lowest BCUT2D eigenvalue weighted by Gasteiger charge is -2.08. The highest BCUT2D eigenvalue weighted by atomic mass is 32.1. The second-order valence-corrected chi connectivity index (χ2v) is 7.81. The molecule has 1 nitrogen and oxygen atoms in total. The summed E-state index contributed by atoms with van der Waals surface area (Å²) in [6, 6.07) is 8.54. The number of carbonyl (C=O) groups excluding carboxylic acids is 1. The van der Waals surface area contributed by atoms with Gasteiger partial charge in [-0.15, -0.1) is 11.3 Å². The molecule has 2 rings (SSSR count). The molecule has 1 aromatic heterocycles. The summed E-state index contributed by atoms with van der Waals surface area (Å²) in [4.78, 5) is 14.6. The van der Waals surface area contributed by atoms with Crippen molar-refractivity contribution in [2.24, 2.45) is 5.92 Å². The second-order valence-electron chi connectivity index (χ2n) is 6.64. The van der Waals surface area contributed by atoms with Gasteiger partial charge in [0.2, 0.25) is 0 Å². The van der Waals surface area contributed by atoms with Crippen LogP contribution in [-0.4, -0.2) is 5.78 Å². The number of hydrogen-bond donors (Lipinski definition) is 0. The van der Waals surface area contributed by atoms with E-state index in [2.05, 4.69) is 52.8 Å². The Hall–Kier alpha value is -1.41. The number of aryl methyl sites for hydroxylation is 3. The monoisotopic (exact) mass is 314 g/mol. The fourth-order valence-electron chi connectivity index (χ4n) is 2.69. The topological polar surface area (TPSA) is 17.1 Å². The molecule has 118 valence electrons. The van der Waals surface area contributed by atoms with Crippen LogP contribution in [-0.2, 0) is 12.8 Å². The van der Waals surface area contributed by atoms with E-state index in [-0.39, 0.29) is 5.78 Å². The van der Waals surface area contributed by atoms with Crippen molar-refractivity contribution in [3.8, 4) is 0 Å². The number of Topliss-reactive ketones (excluding diaryl/α,β-unsaturated/α-hetero) is 1. The zero-order valence-electron chi connectivity index (χ0n) is 14.3. The van der Waals surface area contributed by atoms with Gasteiger partial charge in [-0.25, -0.2) is 0 Å². The van der Waals surface area contributed by atoms with Crippen molar-refractivity contribution >= 4 is 17.1 Å². The van der Waals surface area contributed by atoms with Crippen LogP contribution in [0.15, 0.2) is 24.3 Å². The largest absolute Gasteiger partial charge is 0.293 e. The van der Waals surface area contributed by atoms with Crippen molar-refractivity contribution in [2.75, 3.05) is 0 Å². The van der Waals surface area contributed by atoms with Crippen LogP contribution in [0, 0.1) is 26.7 Å². The summed E-state index contributed by atoms with van der Waals surface area (Å²) in [6.45, 7) is 10.9. The summed E-state index contributed by atoms with van der Waals surface area (Å²) in [5, 5.41) is 0. The lowest BCUT2D eigenvalue weighted by molar-refractivity contribution is 0.0986. The summed E-state index contributed by atoms with van der Waals surface area (Å²) in [5.41, 5.74) is 5.26. The van der Waals surface area contributed by atoms with Gasteiger partial charge >= 0.3 is 0 Å². The third-order valence-electron chi connectivity index (χ3n) is 4.17. The van der Waals surface area contributed by atoms with Gasteiger partial charge in [-0.2, -0.15) is 0 Å². The van der Waals surface area contributed by atoms with E-state index in [0.717, 1.165) is 17.7 Å². The van der Waals surface area contributed by atoms with Crippen LogP contribution in [0.25, 0.3) is 0 Å². The highest BCUT2D eigenvalue weighted by molar-refractivity contribution is 7.14. The highest BCUT2D eigenvalue weighted by Gasteiger charge is 2.11. The predicted molar refractivity (Wildman–Crippen MR) is 96.2 cm³/mol. The van der Waals surface area contributed by atoms with Gasteiger partial charge in [0.15, 0.2) is 5.78 Å². The van der Waals surface area contributed by atoms with Crippen LogP contribution >= 0.6 is 11.3 Å². The lowest BCUT2D eigenvalue weighted by atomic mass is 9.97. The van der Waals surface area contributed by atoms with Crippen molar-refractivity contribution in [1.29, 1.82) is 0 Å². The average Bonchev–Trinajstić information content (AvgIpc) is 2.89. The maximum atomic E-state index is 12.4. The quantitative estimate of drug-likeness (QED) is 0.626. The van der Waals surface area contributed by atoms with Gasteiger partial charge in [0.05, 0.1) is 4.88 Å². The Morgan fingerprint density at radius 2 is 1.73 bits per heavy atom. The van der Waals surface area contributed by atoms with Crippen LogP contribution in [0.1, 0.15) is 57.1 Å². The fourth-order valence-corrected chi connectivity index (χ4v) is 3.88. The molecule has 1 heterocycles. The molecule has 0 amide bonds. The molecule has 0 aliphatic rings. The number of benzene rings is 1. The summed E-state index contributed by atoms with van der Waals surface area (Å²) >= 11 is 1.66. The molecule has 0 radical (unpaired) electrons. The minimum atomic E-state index is 0.274. The second kappa shape index (κ2) is 7.23. The Morgan fingerprint density at radius 1 is 1.09 bits per heavy atom. The molecule has 0 aliphatic heterocycles. The first kappa shape index (κ1) is 17.0. The number of hydrogen-bond acceptors (Lipinski definition) is 2. The summed E-state index contributed by atoms with van der Waals surface area (Å²) in [7, 11) is 0. The molecule has 0 spiro atoms. The normalized spacial score (nSPS) is 11.2. The molecule has 0 saturated heterocycles. The van der Waals surface area contributed by atoms with Crippen LogP contribution in [0.3, 0.4) is 0 Å². The Kier molecular flexibility index (Phi) is 5.57. The first-order valence-electron chi connectivity index (χ1n) is 8.05. The summed E-state index contributed by atoms with van der Waals surface area (Å²) in [6.07, 6.45) is 2.50. The number of ketones is 1. The molecule has 2 aromatic rings. The van der Waals surface area contributed by atoms with E-state index in [4.69, 9.17) is 0 Å². The van der Waals surface area contributed by atoms with Gasteiger partial charge in [-0.1, -0.05) is 26.0 Å². The van der Waals surface area contributed by atoms with Crippen molar-refractivity contribution in [3.05, 3.63) is 56.3 Å². The minimum Gasteiger partial charge on any atom is -0.293 e. The third-order valence-corrected chi connectivity index (χ3v) is 5.32.